The lowest BCUT2D eigenvalue weighted by Crippen LogP contribution is -2.30. The molecule has 0 rings (SSSR count). The molecule has 18 heteroatoms. The van der Waals surface area contributed by atoms with E-state index in [-0.39, 0.29) is 19.3 Å². The number of aliphatic hydroxyl groups is 2. The lowest BCUT2D eigenvalue weighted by Gasteiger charge is -2.21. The molecule has 0 radical (unpaired) electrons. The third kappa shape index (κ3) is 75.5. The molecule has 0 aliphatic rings. The Morgan fingerprint density at radius 1 is 0.293 bits per heavy atom. The number of carbonyl (C=O) groups is 3. The summed E-state index contributed by atoms with van der Waals surface area (Å²) in [6, 6.07) is 0. The molecule has 0 aromatic heterocycles. The Morgan fingerprint density at radius 2 is 0.535 bits per heavy atom. The largest absolute Gasteiger partial charge is 0.472 e. The Bertz CT molecular complexity index is 2190. The van der Waals surface area contributed by atoms with Crippen LogP contribution in [0.15, 0.2) is 97.2 Å². The molecule has 99 heavy (non-hydrogen) atoms. The molecule has 0 aromatic rings. The highest BCUT2D eigenvalue weighted by Crippen LogP contribution is 2.45. The standard InChI is InChI=1S/C81H144O16P2/c1-4-7-10-13-16-19-22-25-28-30-31-32-33-34-35-36-37-38-39-40-41-42-43-45-48-49-52-55-58-61-64-67-79(84)91-70-76(82)71-93-98(87,88)94-72-77(83)73-95-99(89,90)96-75-78(97-81(86)69-66-63-60-57-54-51-46-27-24-21-18-15-12-9-6-3)74-92-80(85)68-65-62-59-56-53-50-47-44-29-26-23-20-17-14-11-8-5-2/h7-8,10-11,16-17,19-20,25-26,28-29,31-32,34-35,76-78,82-83H,4-6,9,12-15,18,21-24,27,30,33,36-75H2,1-3H3,(H,87,88)(H,89,90)/b10-7-,11-8-,19-16-,20-17-,28-25-,29-26-,32-31-,35-34-. The van der Waals surface area contributed by atoms with Crippen molar-refractivity contribution in [1.29, 1.82) is 0 Å². The van der Waals surface area contributed by atoms with Gasteiger partial charge in [0.05, 0.1) is 26.4 Å². The van der Waals surface area contributed by atoms with E-state index < -0.39 is 91.5 Å². The second-order valence-electron chi connectivity index (χ2n) is 26.5. The molecule has 0 bridgehead atoms. The third-order valence-corrected chi connectivity index (χ3v) is 18.7. The summed E-state index contributed by atoms with van der Waals surface area (Å²) in [4.78, 5) is 58.6. The number of esters is 3. The maximum atomic E-state index is 13.0. The number of phosphoric ester groups is 2. The second kappa shape index (κ2) is 74.2. The van der Waals surface area contributed by atoms with E-state index in [1.165, 1.54) is 141 Å². The smallest absolute Gasteiger partial charge is 0.463 e. The van der Waals surface area contributed by atoms with Gasteiger partial charge in [-0.2, -0.15) is 0 Å². The number of hydrogen-bond donors (Lipinski definition) is 4. The first-order chi connectivity index (χ1) is 48.2. The van der Waals surface area contributed by atoms with Gasteiger partial charge in [0.1, 0.15) is 25.4 Å². The van der Waals surface area contributed by atoms with E-state index in [9.17, 15) is 43.5 Å². The second-order valence-corrected chi connectivity index (χ2v) is 29.4. The molecule has 574 valence electrons. The van der Waals surface area contributed by atoms with Crippen LogP contribution in [0.2, 0.25) is 0 Å². The monoisotopic (exact) mass is 1430 g/mol. The van der Waals surface area contributed by atoms with Crippen molar-refractivity contribution in [3.8, 4) is 0 Å². The fourth-order valence-corrected chi connectivity index (χ4v) is 12.4. The summed E-state index contributed by atoms with van der Waals surface area (Å²) in [5.74, 6) is -1.57. The lowest BCUT2D eigenvalue weighted by atomic mass is 10.0. The van der Waals surface area contributed by atoms with Crippen LogP contribution in [0.1, 0.15) is 342 Å². The average molecular weight is 1440 g/mol. The molecule has 0 saturated heterocycles. The van der Waals surface area contributed by atoms with Crippen molar-refractivity contribution < 1.29 is 75.8 Å². The van der Waals surface area contributed by atoms with Crippen molar-refractivity contribution in [2.24, 2.45) is 0 Å². The van der Waals surface area contributed by atoms with E-state index in [2.05, 4.69) is 118 Å². The fraction of sp³-hybridized carbons (Fsp3) is 0.765. The predicted octanol–water partition coefficient (Wildman–Crippen LogP) is 23.0. The third-order valence-electron chi connectivity index (χ3n) is 16.8. The Hall–Kier alpha value is -3.53. The van der Waals surface area contributed by atoms with Gasteiger partial charge in [0.2, 0.25) is 0 Å². The first-order valence-corrected chi connectivity index (χ1v) is 42.5. The van der Waals surface area contributed by atoms with Crippen molar-refractivity contribution in [2.45, 2.75) is 360 Å². The lowest BCUT2D eigenvalue weighted by molar-refractivity contribution is -0.161. The molecule has 0 amide bonds. The minimum atomic E-state index is -4.93. The number of aliphatic hydroxyl groups excluding tert-OH is 2. The van der Waals surface area contributed by atoms with Crippen LogP contribution in [0.4, 0.5) is 0 Å². The summed E-state index contributed by atoms with van der Waals surface area (Å²) in [5.41, 5.74) is 0. The number of rotatable bonds is 75. The molecule has 0 aromatic carbocycles. The summed E-state index contributed by atoms with van der Waals surface area (Å²) in [7, 11) is -9.78. The molecule has 5 unspecified atom stereocenters. The van der Waals surface area contributed by atoms with E-state index in [1.54, 1.807) is 0 Å². The topological polar surface area (TPSA) is 231 Å². The van der Waals surface area contributed by atoms with Crippen LogP contribution in [0.3, 0.4) is 0 Å². The van der Waals surface area contributed by atoms with Crippen LogP contribution in [0.25, 0.3) is 0 Å². The predicted molar refractivity (Wildman–Crippen MR) is 408 cm³/mol. The number of unbranched alkanes of at least 4 members (excludes halogenated alkanes) is 36. The summed E-state index contributed by atoms with van der Waals surface area (Å²) < 4.78 is 61.1. The normalized spacial score (nSPS) is 14.5. The molecule has 0 spiro atoms. The van der Waals surface area contributed by atoms with Gasteiger partial charge in [0.25, 0.3) is 0 Å². The number of carbonyl (C=O) groups excluding carboxylic acids is 3. The number of allylic oxidation sites excluding steroid dienone is 16. The highest BCUT2D eigenvalue weighted by molar-refractivity contribution is 7.47. The zero-order chi connectivity index (χ0) is 72.3. The molecule has 0 aliphatic carbocycles. The first-order valence-electron chi connectivity index (χ1n) is 39.5. The van der Waals surface area contributed by atoms with Gasteiger partial charge in [-0.1, -0.05) is 323 Å². The van der Waals surface area contributed by atoms with Crippen molar-refractivity contribution >= 4 is 33.6 Å². The molecular weight excluding hydrogens is 1290 g/mol. The maximum absolute atomic E-state index is 13.0. The van der Waals surface area contributed by atoms with Gasteiger partial charge in [-0.25, -0.2) is 9.13 Å². The van der Waals surface area contributed by atoms with Gasteiger partial charge >= 0.3 is 33.6 Å². The Labute approximate surface area is 603 Å². The van der Waals surface area contributed by atoms with Crippen molar-refractivity contribution in [3.05, 3.63) is 97.2 Å². The van der Waals surface area contributed by atoms with Gasteiger partial charge < -0.3 is 34.2 Å². The molecule has 0 saturated carbocycles. The van der Waals surface area contributed by atoms with E-state index in [1.807, 2.05) is 0 Å². The van der Waals surface area contributed by atoms with Crippen LogP contribution >= 0.6 is 15.6 Å². The van der Waals surface area contributed by atoms with E-state index in [0.717, 1.165) is 141 Å². The summed E-state index contributed by atoms with van der Waals surface area (Å²) in [5, 5.41) is 20.6. The Balaban J connectivity index is 4.44. The molecule has 0 aliphatic heterocycles. The van der Waals surface area contributed by atoms with Crippen LogP contribution in [0, 0.1) is 0 Å². The number of ether oxygens (including phenoxy) is 3. The summed E-state index contributed by atoms with van der Waals surface area (Å²) in [6.07, 6.45) is 84.6. The molecule has 4 N–H and O–H groups in total. The van der Waals surface area contributed by atoms with Crippen LogP contribution in [-0.2, 0) is 55.8 Å². The van der Waals surface area contributed by atoms with Gasteiger partial charge in [-0.3, -0.25) is 32.5 Å². The molecular formula is C81H144O16P2. The van der Waals surface area contributed by atoms with Gasteiger partial charge in [-0.15, -0.1) is 0 Å². The number of phosphoric acid groups is 2. The highest BCUT2D eigenvalue weighted by atomic mass is 31.2. The summed E-state index contributed by atoms with van der Waals surface area (Å²) in [6.45, 7) is 2.49. The summed E-state index contributed by atoms with van der Waals surface area (Å²) >= 11 is 0. The van der Waals surface area contributed by atoms with Gasteiger partial charge in [-0.05, 0) is 96.3 Å². The maximum Gasteiger partial charge on any atom is 0.472 e. The number of hydrogen-bond acceptors (Lipinski definition) is 14. The van der Waals surface area contributed by atoms with Gasteiger partial charge in [0.15, 0.2) is 6.10 Å². The van der Waals surface area contributed by atoms with E-state index in [0.29, 0.717) is 19.3 Å². The van der Waals surface area contributed by atoms with Crippen molar-refractivity contribution in [3.63, 3.8) is 0 Å². The molecule has 16 nitrogen and oxygen atoms in total. The zero-order valence-electron chi connectivity index (χ0n) is 62.6. The first kappa shape index (κ1) is 95.5. The van der Waals surface area contributed by atoms with Crippen LogP contribution in [0.5, 0.6) is 0 Å². The Morgan fingerprint density at radius 3 is 0.848 bits per heavy atom. The van der Waals surface area contributed by atoms with Crippen LogP contribution in [-0.4, -0.2) is 95.9 Å². The minimum Gasteiger partial charge on any atom is -0.463 e. The van der Waals surface area contributed by atoms with Crippen LogP contribution < -0.4 is 0 Å². The highest BCUT2D eigenvalue weighted by Gasteiger charge is 2.29. The van der Waals surface area contributed by atoms with Crippen molar-refractivity contribution in [2.75, 3.05) is 39.6 Å². The molecule has 0 fully saturated rings. The molecule has 0 heterocycles. The average Bonchev–Trinajstić information content (AvgIpc) is 2.96. The SMILES string of the molecule is CC/C=C\C/C=C\C/C=C\C/C=C\C/C=C\CCCCCCCCCCCCCCCCCC(=O)OCC(O)COP(=O)(O)OCC(O)COP(=O)(O)OCC(COC(=O)CCCCCCCCC/C=C\C/C=C\C/C=C\CC)OC(=O)CCCCCCCCCCCCCCCCC. The van der Waals surface area contributed by atoms with Crippen molar-refractivity contribution in [1.82, 2.24) is 0 Å². The molecule has 5 atom stereocenters. The quantitative estimate of drug-likeness (QED) is 0.0146. The zero-order valence-corrected chi connectivity index (χ0v) is 64.4. The minimum absolute atomic E-state index is 0.107. The fourth-order valence-electron chi connectivity index (χ4n) is 10.8. The van der Waals surface area contributed by atoms with E-state index in [4.69, 9.17) is 32.3 Å². The van der Waals surface area contributed by atoms with E-state index >= 15 is 0 Å². The van der Waals surface area contributed by atoms with Gasteiger partial charge in [0, 0.05) is 19.3 Å². The Kier molecular flexibility index (Phi) is 71.6.